The summed E-state index contributed by atoms with van der Waals surface area (Å²) in [5.74, 6) is 1.61. The van der Waals surface area contributed by atoms with Crippen molar-refractivity contribution in [1.82, 2.24) is 14.9 Å². The van der Waals surface area contributed by atoms with Crippen LogP contribution in [0.5, 0.6) is 11.5 Å². The predicted molar refractivity (Wildman–Crippen MR) is 106 cm³/mol. The smallest absolute Gasteiger partial charge is 0.227 e. The van der Waals surface area contributed by atoms with Crippen molar-refractivity contribution >= 4 is 5.91 Å². The number of hydrogen-bond donors (Lipinski definition) is 1. The van der Waals surface area contributed by atoms with Crippen LogP contribution in [-0.2, 0) is 17.8 Å². The summed E-state index contributed by atoms with van der Waals surface area (Å²) in [7, 11) is 3.28. The highest BCUT2D eigenvalue weighted by molar-refractivity contribution is 5.80. The standard InChI is InChI=1S/C22H23N3O3/c1-27-17-8-5-7-15(10-17)18-12-25(13-19-22(18)24-14-23-19)21(26)11-16-6-3-4-9-20(16)28-2/h3-10,14,18H,11-13H2,1-2H3,(H,23,24). The van der Waals surface area contributed by atoms with E-state index in [9.17, 15) is 4.79 Å². The minimum absolute atomic E-state index is 0.00622. The van der Waals surface area contributed by atoms with Crippen LogP contribution in [0.4, 0.5) is 0 Å². The number of H-pyrrole nitrogens is 1. The van der Waals surface area contributed by atoms with Gasteiger partial charge in [-0.2, -0.15) is 0 Å². The second-order valence-electron chi connectivity index (χ2n) is 6.86. The Morgan fingerprint density at radius 1 is 1.18 bits per heavy atom. The third-order valence-corrected chi connectivity index (χ3v) is 5.22. The quantitative estimate of drug-likeness (QED) is 0.742. The fraction of sp³-hybridized carbons (Fsp3) is 0.273. The molecular formula is C22H23N3O3. The van der Waals surface area contributed by atoms with Crippen LogP contribution in [0.15, 0.2) is 54.9 Å². The van der Waals surface area contributed by atoms with Crippen molar-refractivity contribution in [3.05, 3.63) is 77.4 Å². The maximum absolute atomic E-state index is 13.1. The van der Waals surface area contributed by atoms with E-state index >= 15 is 0 Å². The molecule has 0 aliphatic carbocycles. The summed E-state index contributed by atoms with van der Waals surface area (Å²) < 4.78 is 10.8. The number of aromatic amines is 1. The van der Waals surface area contributed by atoms with Gasteiger partial charge in [0.1, 0.15) is 11.5 Å². The number of imidazole rings is 1. The summed E-state index contributed by atoms with van der Waals surface area (Å²) in [5.41, 5.74) is 3.95. The number of fused-ring (bicyclic) bond motifs is 1. The highest BCUT2D eigenvalue weighted by Gasteiger charge is 2.31. The molecule has 1 aromatic heterocycles. The first-order valence-electron chi connectivity index (χ1n) is 9.25. The second kappa shape index (κ2) is 7.76. The Kier molecular flexibility index (Phi) is 5.02. The maximum atomic E-state index is 13.1. The van der Waals surface area contributed by atoms with Crippen molar-refractivity contribution in [2.75, 3.05) is 20.8 Å². The van der Waals surface area contributed by atoms with Crippen LogP contribution in [0.2, 0.25) is 0 Å². The number of carbonyl (C=O) groups excluding carboxylic acids is 1. The van der Waals surface area contributed by atoms with Gasteiger partial charge in [0.15, 0.2) is 0 Å². The van der Waals surface area contributed by atoms with E-state index in [4.69, 9.17) is 9.47 Å². The monoisotopic (exact) mass is 377 g/mol. The van der Waals surface area contributed by atoms with Crippen LogP contribution in [0.3, 0.4) is 0 Å². The van der Waals surface area contributed by atoms with Crippen molar-refractivity contribution in [2.24, 2.45) is 0 Å². The highest BCUT2D eigenvalue weighted by Crippen LogP contribution is 2.33. The summed E-state index contributed by atoms with van der Waals surface area (Å²) >= 11 is 0. The molecule has 1 N–H and O–H groups in total. The fourth-order valence-electron chi connectivity index (χ4n) is 3.76. The van der Waals surface area contributed by atoms with E-state index in [2.05, 4.69) is 16.0 Å². The molecule has 1 atom stereocenters. The van der Waals surface area contributed by atoms with E-state index < -0.39 is 0 Å². The van der Waals surface area contributed by atoms with Gasteiger partial charge in [0.05, 0.1) is 44.9 Å². The van der Waals surface area contributed by atoms with Crippen LogP contribution in [0, 0.1) is 0 Å². The summed E-state index contributed by atoms with van der Waals surface area (Å²) in [6.07, 6.45) is 2.00. The van der Waals surface area contributed by atoms with E-state index in [1.54, 1.807) is 20.5 Å². The molecule has 2 heterocycles. The van der Waals surface area contributed by atoms with E-state index in [1.165, 1.54) is 0 Å². The Morgan fingerprint density at radius 2 is 2.04 bits per heavy atom. The van der Waals surface area contributed by atoms with Crippen molar-refractivity contribution in [1.29, 1.82) is 0 Å². The zero-order valence-corrected chi connectivity index (χ0v) is 16.0. The first-order chi connectivity index (χ1) is 13.7. The van der Waals surface area contributed by atoms with Gasteiger partial charge < -0.3 is 19.4 Å². The molecule has 0 spiro atoms. The van der Waals surface area contributed by atoms with E-state index in [0.717, 1.165) is 34.0 Å². The van der Waals surface area contributed by atoms with Gasteiger partial charge >= 0.3 is 0 Å². The Balaban J connectivity index is 1.60. The summed E-state index contributed by atoms with van der Waals surface area (Å²) in [6, 6.07) is 15.6. The number of methoxy groups -OCH3 is 2. The van der Waals surface area contributed by atoms with Crippen molar-refractivity contribution in [3.63, 3.8) is 0 Å². The number of nitrogens with one attached hydrogen (secondary N) is 1. The normalized spacial score (nSPS) is 15.8. The second-order valence-corrected chi connectivity index (χ2v) is 6.86. The van der Waals surface area contributed by atoms with E-state index in [-0.39, 0.29) is 11.8 Å². The molecule has 144 valence electrons. The van der Waals surface area contributed by atoms with Crippen molar-refractivity contribution in [3.8, 4) is 11.5 Å². The minimum atomic E-state index is 0.00622. The largest absolute Gasteiger partial charge is 0.497 e. The third-order valence-electron chi connectivity index (χ3n) is 5.22. The molecule has 4 rings (SSSR count). The molecule has 0 saturated heterocycles. The SMILES string of the molecule is COc1cccc(C2CN(C(=O)Cc3ccccc3OC)Cc3[nH]cnc32)c1. The molecular weight excluding hydrogens is 354 g/mol. The molecule has 1 unspecified atom stereocenters. The lowest BCUT2D eigenvalue weighted by atomic mass is 9.90. The lowest BCUT2D eigenvalue weighted by Gasteiger charge is -2.32. The number of aromatic nitrogens is 2. The molecule has 0 radical (unpaired) electrons. The third kappa shape index (κ3) is 3.45. The fourth-order valence-corrected chi connectivity index (χ4v) is 3.76. The number of benzene rings is 2. The van der Waals surface area contributed by atoms with Crippen LogP contribution >= 0.6 is 0 Å². The predicted octanol–water partition coefficient (Wildman–Crippen LogP) is 3.14. The lowest BCUT2D eigenvalue weighted by molar-refractivity contribution is -0.131. The van der Waals surface area contributed by atoms with Crippen LogP contribution in [0.1, 0.15) is 28.4 Å². The molecule has 1 aliphatic heterocycles. The van der Waals surface area contributed by atoms with Gasteiger partial charge in [-0.05, 0) is 23.8 Å². The van der Waals surface area contributed by atoms with Crippen LogP contribution in [-0.4, -0.2) is 41.5 Å². The highest BCUT2D eigenvalue weighted by atomic mass is 16.5. The Hall–Kier alpha value is -3.28. The van der Waals surface area contributed by atoms with Gasteiger partial charge in [0.2, 0.25) is 5.91 Å². The van der Waals surface area contributed by atoms with Gasteiger partial charge in [-0.25, -0.2) is 4.98 Å². The Morgan fingerprint density at radius 3 is 2.86 bits per heavy atom. The summed E-state index contributed by atoms with van der Waals surface area (Å²) in [4.78, 5) is 22.7. The van der Waals surface area contributed by atoms with Gasteiger partial charge in [-0.15, -0.1) is 0 Å². The van der Waals surface area contributed by atoms with Crippen LogP contribution < -0.4 is 9.47 Å². The maximum Gasteiger partial charge on any atom is 0.227 e. The Bertz CT molecular complexity index is 982. The molecule has 6 heteroatoms. The van der Waals surface area contributed by atoms with Gasteiger partial charge in [-0.3, -0.25) is 4.79 Å². The summed E-state index contributed by atoms with van der Waals surface area (Å²) in [6.45, 7) is 1.11. The molecule has 1 amide bonds. The van der Waals surface area contributed by atoms with Gasteiger partial charge in [0, 0.05) is 18.0 Å². The number of carbonyl (C=O) groups is 1. The first kappa shape index (κ1) is 18.1. The number of ether oxygens (including phenoxy) is 2. The average Bonchev–Trinajstić information content (AvgIpc) is 3.22. The number of para-hydroxylation sites is 1. The average molecular weight is 377 g/mol. The van der Waals surface area contributed by atoms with E-state index in [0.29, 0.717) is 19.5 Å². The Labute approximate surface area is 164 Å². The molecule has 6 nitrogen and oxygen atoms in total. The molecule has 3 aromatic rings. The number of rotatable bonds is 5. The minimum Gasteiger partial charge on any atom is -0.497 e. The zero-order chi connectivity index (χ0) is 19.5. The van der Waals surface area contributed by atoms with Crippen LogP contribution in [0.25, 0.3) is 0 Å². The molecule has 0 saturated carbocycles. The number of amides is 1. The molecule has 2 aromatic carbocycles. The molecule has 0 bridgehead atoms. The van der Waals surface area contributed by atoms with Gasteiger partial charge in [0.25, 0.3) is 0 Å². The topological polar surface area (TPSA) is 67.4 Å². The first-order valence-corrected chi connectivity index (χ1v) is 9.25. The summed E-state index contributed by atoms with van der Waals surface area (Å²) in [5, 5.41) is 0. The lowest BCUT2D eigenvalue weighted by Crippen LogP contribution is -2.39. The number of nitrogens with zero attached hydrogens (tertiary/aromatic N) is 2. The zero-order valence-electron chi connectivity index (χ0n) is 16.0. The van der Waals surface area contributed by atoms with Gasteiger partial charge in [-0.1, -0.05) is 30.3 Å². The van der Waals surface area contributed by atoms with E-state index in [1.807, 2.05) is 47.4 Å². The van der Waals surface area contributed by atoms with Crippen molar-refractivity contribution in [2.45, 2.75) is 18.9 Å². The number of hydrogen-bond acceptors (Lipinski definition) is 4. The molecule has 1 aliphatic rings. The molecule has 0 fully saturated rings. The molecule has 28 heavy (non-hydrogen) atoms. The van der Waals surface area contributed by atoms with Crippen molar-refractivity contribution < 1.29 is 14.3 Å².